The Hall–Kier alpha value is -1.79. The molecule has 1 aromatic carbocycles. The Bertz CT molecular complexity index is 641. The molecule has 1 atom stereocenters. The second kappa shape index (κ2) is 5.91. The van der Waals surface area contributed by atoms with E-state index in [0.29, 0.717) is 23.5 Å². The minimum Gasteiger partial charge on any atom is -0.481 e. The van der Waals surface area contributed by atoms with E-state index in [1.807, 2.05) is 6.07 Å². The molecule has 0 aliphatic carbocycles. The van der Waals surface area contributed by atoms with E-state index in [0.717, 1.165) is 4.90 Å². The lowest BCUT2D eigenvalue weighted by atomic mass is 10.1. The predicted octanol–water partition coefficient (Wildman–Crippen LogP) is 3.24. The summed E-state index contributed by atoms with van der Waals surface area (Å²) in [6.07, 6.45) is 0.140. The fourth-order valence-electron chi connectivity index (χ4n) is 2.25. The molecule has 1 unspecified atom stereocenters. The summed E-state index contributed by atoms with van der Waals surface area (Å²) >= 11 is 1.49. The second-order valence-electron chi connectivity index (χ2n) is 4.61. The standard InChI is InChI=1S/C15H16N2O3S/c1-9-10-5-4-6-12(11(10)8-20-9)21-15-16-13(18-2)7-14(17-15)19-3/h4-7,9H,8H2,1-3H3. The highest BCUT2D eigenvalue weighted by molar-refractivity contribution is 7.99. The largest absolute Gasteiger partial charge is 0.481 e. The number of rotatable bonds is 4. The van der Waals surface area contributed by atoms with Gasteiger partial charge in [-0.2, -0.15) is 9.97 Å². The van der Waals surface area contributed by atoms with Crippen molar-refractivity contribution in [3.63, 3.8) is 0 Å². The monoisotopic (exact) mass is 304 g/mol. The SMILES string of the molecule is COc1cc(OC)nc(Sc2cccc3c2COC3C)n1. The Morgan fingerprint density at radius 2 is 1.90 bits per heavy atom. The molecular weight excluding hydrogens is 288 g/mol. The normalized spacial score (nSPS) is 16.6. The molecule has 0 radical (unpaired) electrons. The van der Waals surface area contributed by atoms with Gasteiger partial charge in [0.2, 0.25) is 11.8 Å². The lowest BCUT2D eigenvalue weighted by Crippen LogP contribution is -1.96. The smallest absolute Gasteiger partial charge is 0.220 e. The summed E-state index contributed by atoms with van der Waals surface area (Å²) in [5.74, 6) is 0.975. The van der Waals surface area contributed by atoms with E-state index in [9.17, 15) is 0 Å². The molecule has 1 aliphatic rings. The molecule has 110 valence electrons. The van der Waals surface area contributed by atoms with Gasteiger partial charge in [0, 0.05) is 4.90 Å². The maximum atomic E-state index is 5.69. The summed E-state index contributed by atoms with van der Waals surface area (Å²) in [6.45, 7) is 2.69. The third-order valence-electron chi connectivity index (χ3n) is 3.36. The highest BCUT2D eigenvalue weighted by atomic mass is 32.2. The van der Waals surface area contributed by atoms with Gasteiger partial charge >= 0.3 is 0 Å². The van der Waals surface area contributed by atoms with Crippen molar-refractivity contribution in [1.29, 1.82) is 0 Å². The topological polar surface area (TPSA) is 53.5 Å². The van der Waals surface area contributed by atoms with Gasteiger partial charge < -0.3 is 14.2 Å². The van der Waals surface area contributed by atoms with Crippen LogP contribution < -0.4 is 9.47 Å². The van der Waals surface area contributed by atoms with Crippen LogP contribution >= 0.6 is 11.8 Å². The lowest BCUT2D eigenvalue weighted by Gasteiger charge is -2.08. The van der Waals surface area contributed by atoms with Gasteiger partial charge in [0.05, 0.1) is 33.0 Å². The van der Waals surface area contributed by atoms with Crippen LogP contribution in [0.4, 0.5) is 0 Å². The van der Waals surface area contributed by atoms with Crippen LogP contribution in [0.3, 0.4) is 0 Å². The Kier molecular flexibility index (Phi) is 3.98. The summed E-state index contributed by atoms with van der Waals surface area (Å²) in [5, 5.41) is 0.596. The molecule has 0 bridgehead atoms. The molecule has 0 amide bonds. The molecule has 2 heterocycles. The molecule has 0 spiro atoms. The van der Waals surface area contributed by atoms with Crippen LogP contribution in [0.2, 0.25) is 0 Å². The zero-order chi connectivity index (χ0) is 14.8. The van der Waals surface area contributed by atoms with Crippen LogP contribution in [0.1, 0.15) is 24.2 Å². The quantitative estimate of drug-likeness (QED) is 0.808. The van der Waals surface area contributed by atoms with Crippen molar-refractivity contribution in [3.05, 3.63) is 35.4 Å². The Morgan fingerprint density at radius 1 is 1.19 bits per heavy atom. The van der Waals surface area contributed by atoms with Gasteiger partial charge in [-0.25, -0.2) is 0 Å². The van der Waals surface area contributed by atoms with Crippen molar-refractivity contribution in [2.45, 2.75) is 29.7 Å². The number of nitrogens with zero attached hydrogens (tertiary/aromatic N) is 2. The third kappa shape index (κ3) is 2.82. The number of ether oxygens (including phenoxy) is 3. The molecule has 6 heteroatoms. The first-order valence-electron chi connectivity index (χ1n) is 6.59. The fourth-order valence-corrected chi connectivity index (χ4v) is 3.16. The number of hydrogen-bond acceptors (Lipinski definition) is 6. The van der Waals surface area contributed by atoms with Gasteiger partial charge in [-0.3, -0.25) is 0 Å². The third-order valence-corrected chi connectivity index (χ3v) is 4.33. The lowest BCUT2D eigenvalue weighted by molar-refractivity contribution is 0.0790. The number of hydrogen-bond donors (Lipinski definition) is 0. The van der Waals surface area contributed by atoms with Crippen molar-refractivity contribution in [1.82, 2.24) is 9.97 Å². The molecule has 1 aromatic heterocycles. The first-order chi connectivity index (χ1) is 10.2. The van der Waals surface area contributed by atoms with Crippen LogP contribution in [0.5, 0.6) is 11.8 Å². The van der Waals surface area contributed by atoms with Crippen LogP contribution in [0.25, 0.3) is 0 Å². The highest BCUT2D eigenvalue weighted by Gasteiger charge is 2.22. The highest BCUT2D eigenvalue weighted by Crippen LogP contribution is 2.38. The molecule has 0 saturated carbocycles. The van der Waals surface area contributed by atoms with Crippen molar-refractivity contribution in [2.75, 3.05) is 14.2 Å². The Balaban J connectivity index is 1.94. The average Bonchev–Trinajstić information content (AvgIpc) is 2.89. The zero-order valence-corrected chi connectivity index (χ0v) is 12.9. The van der Waals surface area contributed by atoms with E-state index in [-0.39, 0.29) is 6.10 Å². The van der Waals surface area contributed by atoms with Crippen LogP contribution in [-0.4, -0.2) is 24.2 Å². The number of aromatic nitrogens is 2. The fraction of sp³-hybridized carbons (Fsp3) is 0.333. The van der Waals surface area contributed by atoms with Gasteiger partial charge in [0.25, 0.3) is 0 Å². The van der Waals surface area contributed by atoms with Gasteiger partial charge in [-0.05, 0) is 35.9 Å². The number of fused-ring (bicyclic) bond motifs is 1. The van der Waals surface area contributed by atoms with Crippen molar-refractivity contribution >= 4 is 11.8 Å². The molecule has 3 rings (SSSR count). The Labute approximate surface area is 127 Å². The Morgan fingerprint density at radius 3 is 2.57 bits per heavy atom. The summed E-state index contributed by atoms with van der Waals surface area (Å²) in [7, 11) is 3.15. The zero-order valence-electron chi connectivity index (χ0n) is 12.1. The molecule has 0 saturated heterocycles. The van der Waals surface area contributed by atoms with E-state index < -0.39 is 0 Å². The second-order valence-corrected chi connectivity index (χ2v) is 5.62. The van der Waals surface area contributed by atoms with Crippen molar-refractivity contribution in [3.8, 4) is 11.8 Å². The maximum Gasteiger partial charge on any atom is 0.220 e. The molecule has 1 aliphatic heterocycles. The van der Waals surface area contributed by atoms with E-state index in [1.54, 1.807) is 20.3 Å². The van der Waals surface area contributed by atoms with Crippen LogP contribution in [-0.2, 0) is 11.3 Å². The summed E-state index contributed by atoms with van der Waals surface area (Å²) in [6, 6.07) is 7.85. The van der Waals surface area contributed by atoms with Crippen LogP contribution in [0, 0.1) is 0 Å². The van der Waals surface area contributed by atoms with Gasteiger partial charge in [0.15, 0.2) is 5.16 Å². The van der Waals surface area contributed by atoms with E-state index in [4.69, 9.17) is 14.2 Å². The molecule has 21 heavy (non-hydrogen) atoms. The number of methoxy groups -OCH3 is 2. The summed E-state index contributed by atoms with van der Waals surface area (Å²) in [4.78, 5) is 9.80. The van der Waals surface area contributed by atoms with Gasteiger partial charge in [-0.15, -0.1) is 0 Å². The number of benzene rings is 1. The first kappa shape index (κ1) is 14.2. The van der Waals surface area contributed by atoms with Crippen molar-refractivity contribution in [2.24, 2.45) is 0 Å². The van der Waals surface area contributed by atoms with E-state index in [2.05, 4.69) is 29.0 Å². The first-order valence-corrected chi connectivity index (χ1v) is 7.41. The average molecular weight is 304 g/mol. The predicted molar refractivity (Wildman–Crippen MR) is 78.9 cm³/mol. The molecule has 5 nitrogen and oxygen atoms in total. The molecule has 0 fully saturated rings. The summed E-state index contributed by atoms with van der Waals surface area (Å²) in [5.41, 5.74) is 2.44. The minimum absolute atomic E-state index is 0.140. The van der Waals surface area contributed by atoms with Gasteiger partial charge in [-0.1, -0.05) is 12.1 Å². The molecule has 0 N–H and O–H groups in total. The van der Waals surface area contributed by atoms with Gasteiger partial charge in [0.1, 0.15) is 0 Å². The van der Waals surface area contributed by atoms with E-state index >= 15 is 0 Å². The molecular formula is C15H16N2O3S. The molecule has 2 aromatic rings. The van der Waals surface area contributed by atoms with Crippen LogP contribution in [0.15, 0.2) is 34.3 Å². The summed E-state index contributed by atoms with van der Waals surface area (Å²) < 4.78 is 16.0. The van der Waals surface area contributed by atoms with Crippen molar-refractivity contribution < 1.29 is 14.2 Å². The van der Waals surface area contributed by atoms with E-state index in [1.165, 1.54) is 22.9 Å². The minimum atomic E-state index is 0.140. The maximum absolute atomic E-state index is 5.69.